The topological polar surface area (TPSA) is 98.9 Å². The number of nitriles is 1. The molecule has 0 fully saturated rings. The first-order chi connectivity index (χ1) is 9.01. The third-order valence-electron chi connectivity index (χ3n) is 2.77. The lowest BCUT2D eigenvalue weighted by atomic mass is 9.96. The Morgan fingerprint density at radius 1 is 1.47 bits per heavy atom. The number of oxazole rings is 1. The van der Waals surface area contributed by atoms with Crippen molar-refractivity contribution in [1.29, 1.82) is 5.26 Å². The molecule has 0 aliphatic carbocycles. The highest BCUT2D eigenvalue weighted by atomic mass is 16.4. The SMILES string of the molecule is CC(C)C(C#N)C(=O)Nc1ccc2oc(=O)[nH]c2c1. The number of H-pyrrole nitrogens is 1. The van der Waals surface area contributed by atoms with Crippen molar-refractivity contribution < 1.29 is 9.21 Å². The van der Waals surface area contributed by atoms with Crippen LogP contribution in [0.15, 0.2) is 27.4 Å². The van der Waals surface area contributed by atoms with Crippen LogP contribution in [0, 0.1) is 23.2 Å². The van der Waals surface area contributed by atoms with Gasteiger partial charge >= 0.3 is 5.76 Å². The molecule has 98 valence electrons. The number of amides is 1. The van der Waals surface area contributed by atoms with E-state index in [0.717, 1.165) is 0 Å². The number of aromatic amines is 1. The monoisotopic (exact) mass is 259 g/mol. The maximum atomic E-state index is 11.9. The number of rotatable bonds is 3. The molecule has 1 unspecified atom stereocenters. The Balaban J connectivity index is 2.24. The Hall–Kier alpha value is -2.55. The summed E-state index contributed by atoms with van der Waals surface area (Å²) in [5.41, 5.74) is 1.43. The van der Waals surface area contributed by atoms with Gasteiger partial charge in [0.2, 0.25) is 5.91 Å². The van der Waals surface area contributed by atoms with Crippen molar-refractivity contribution in [2.75, 3.05) is 5.32 Å². The zero-order valence-electron chi connectivity index (χ0n) is 10.6. The molecule has 1 heterocycles. The minimum Gasteiger partial charge on any atom is -0.408 e. The number of fused-ring (bicyclic) bond motifs is 1. The van der Waals surface area contributed by atoms with E-state index in [2.05, 4.69) is 10.3 Å². The zero-order valence-corrected chi connectivity index (χ0v) is 10.6. The van der Waals surface area contributed by atoms with Gasteiger partial charge < -0.3 is 9.73 Å². The van der Waals surface area contributed by atoms with E-state index in [4.69, 9.17) is 9.68 Å². The minimum atomic E-state index is -0.709. The Morgan fingerprint density at radius 2 is 2.21 bits per heavy atom. The molecule has 1 amide bonds. The normalized spacial score (nSPS) is 12.3. The fourth-order valence-electron chi connectivity index (χ4n) is 1.76. The zero-order chi connectivity index (χ0) is 14.0. The van der Waals surface area contributed by atoms with Gasteiger partial charge in [-0.3, -0.25) is 9.78 Å². The van der Waals surface area contributed by atoms with Gasteiger partial charge in [0, 0.05) is 5.69 Å². The van der Waals surface area contributed by atoms with Crippen LogP contribution in [0.4, 0.5) is 5.69 Å². The number of hydrogen-bond donors (Lipinski definition) is 2. The molecule has 0 aliphatic heterocycles. The van der Waals surface area contributed by atoms with Crippen molar-refractivity contribution in [2.45, 2.75) is 13.8 Å². The molecule has 2 aromatic rings. The first-order valence-electron chi connectivity index (χ1n) is 5.84. The number of benzene rings is 1. The molecular formula is C13H13N3O3. The summed E-state index contributed by atoms with van der Waals surface area (Å²) in [5, 5.41) is 11.6. The maximum absolute atomic E-state index is 11.9. The molecule has 0 saturated heterocycles. The smallest absolute Gasteiger partial charge is 0.408 e. The summed E-state index contributed by atoms with van der Waals surface area (Å²) >= 11 is 0. The Bertz CT molecular complexity index is 706. The van der Waals surface area contributed by atoms with Crippen LogP contribution in [-0.4, -0.2) is 10.9 Å². The molecule has 1 aromatic heterocycles. The first kappa shape index (κ1) is 12.9. The van der Waals surface area contributed by atoms with Gasteiger partial charge in [-0.05, 0) is 24.1 Å². The molecule has 1 atom stereocenters. The fourth-order valence-corrected chi connectivity index (χ4v) is 1.76. The lowest BCUT2D eigenvalue weighted by Crippen LogP contribution is -2.25. The average Bonchev–Trinajstić information content (AvgIpc) is 2.68. The second kappa shape index (κ2) is 4.98. The lowest BCUT2D eigenvalue weighted by molar-refractivity contribution is -0.119. The third kappa shape index (κ3) is 2.65. The van der Waals surface area contributed by atoms with Crippen LogP contribution in [0.2, 0.25) is 0 Å². The lowest BCUT2D eigenvalue weighted by Gasteiger charge is -2.12. The van der Waals surface area contributed by atoms with Crippen LogP contribution < -0.4 is 11.1 Å². The molecule has 0 bridgehead atoms. The quantitative estimate of drug-likeness (QED) is 0.878. The van der Waals surface area contributed by atoms with Gasteiger partial charge in [-0.25, -0.2) is 4.79 Å². The summed E-state index contributed by atoms with van der Waals surface area (Å²) in [6.07, 6.45) is 0. The van der Waals surface area contributed by atoms with E-state index in [-0.39, 0.29) is 11.8 Å². The van der Waals surface area contributed by atoms with Gasteiger partial charge in [-0.15, -0.1) is 0 Å². The molecule has 0 spiro atoms. The minimum absolute atomic E-state index is 0.0672. The largest absolute Gasteiger partial charge is 0.417 e. The molecule has 0 aliphatic rings. The van der Waals surface area contributed by atoms with E-state index in [1.165, 1.54) is 0 Å². The van der Waals surface area contributed by atoms with E-state index in [9.17, 15) is 9.59 Å². The highest BCUT2D eigenvalue weighted by Gasteiger charge is 2.21. The number of anilines is 1. The van der Waals surface area contributed by atoms with Crippen molar-refractivity contribution in [3.05, 3.63) is 28.7 Å². The van der Waals surface area contributed by atoms with Gasteiger partial charge in [0.05, 0.1) is 11.6 Å². The van der Waals surface area contributed by atoms with Crippen LogP contribution in [0.3, 0.4) is 0 Å². The fraction of sp³-hybridized carbons (Fsp3) is 0.308. The number of nitrogens with one attached hydrogen (secondary N) is 2. The molecule has 6 nitrogen and oxygen atoms in total. The maximum Gasteiger partial charge on any atom is 0.417 e. The summed E-state index contributed by atoms with van der Waals surface area (Å²) in [7, 11) is 0. The Morgan fingerprint density at radius 3 is 2.84 bits per heavy atom. The van der Waals surface area contributed by atoms with Crippen molar-refractivity contribution in [3.63, 3.8) is 0 Å². The van der Waals surface area contributed by atoms with Crippen molar-refractivity contribution in [2.24, 2.45) is 11.8 Å². The highest BCUT2D eigenvalue weighted by molar-refractivity contribution is 5.95. The van der Waals surface area contributed by atoms with E-state index in [0.29, 0.717) is 16.8 Å². The summed E-state index contributed by atoms with van der Waals surface area (Å²) in [6, 6.07) is 6.76. The molecule has 6 heteroatoms. The van der Waals surface area contributed by atoms with Crippen LogP contribution in [0.5, 0.6) is 0 Å². The van der Waals surface area contributed by atoms with Gasteiger partial charge in [-0.1, -0.05) is 13.8 Å². The number of carbonyl (C=O) groups excluding carboxylic acids is 1. The standard InChI is InChI=1S/C13H13N3O3/c1-7(2)9(6-14)12(17)15-8-3-4-11-10(5-8)16-13(18)19-11/h3-5,7,9H,1-2H3,(H,15,17)(H,16,18). The average molecular weight is 259 g/mol. The second-order valence-corrected chi connectivity index (χ2v) is 4.57. The predicted molar refractivity (Wildman–Crippen MR) is 69.4 cm³/mol. The van der Waals surface area contributed by atoms with Gasteiger partial charge in [0.15, 0.2) is 5.58 Å². The van der Waals surface area contributed by atoms with Crippen molar-refractivity contribution >= 4 is 22.7 Å². The molecule has 1 aromatic carbocycles. The summed E-state index contributed by atoms with van der Waals surface area (Å²) in [5.74, 6) is -1.68. The highest BCUT2D eigenvalue weighted by Crippen LogP contribution is 2.18. The second-order valence-electron chi connectivity index (χ2n) is 4.57. The van der Waals surface area contributed by atoms with E-state index in [1.54, 1.807) is 18.2 Å². The van der Waals surface area contributed by atoms with Gasteiger partial charge in [-0.2, -0.15) is 5.26 Å². The number of carbonyl (C=O) groups is 1. The number of hydrogen-bond acceptors (Lipinski definition) is 4. The molecule has 19 heavy (non-hydrogen) atoms. The molecule has 2 rings (SSSR count). The number of aromatic nitrogens is 1. The molecule has 2 N–H and O–H groups in total. The first-order valence-corrected chi connectivity index (χ1v) is 5.84. The van der Waals surface area contributed by atoms with E-state index >= 15 is 0 Å². The van der Waals surface area contributed by atoms with Crippen LogP contribution in [0.25, 0.3) is 11.1 Å². The van der Waals surface area contributed by atoms with Gasteiger partial charge in [0.1, 0.15) is 5.92 Å². The summed E-state index contributed by atoms with van der Waals surface area (Å²) in [6.45, 7) is 3.62. The number of nitrogens with zero attached hydrogens (tertiary/aromatic N) is 1. The summed E-state index contributed by atoms with van der Waals surface area (Å²) in [4.78, 5) is 25.4. The summed E-state index contributed by atoms with van der Waals surface area (Å²) < 4.78 is 4.86. The molecule has 0 saturated carbocycles. The van der Waals surface area contributed by atoms with E-state index < -0.39 is 11.7 Å². The van der Waals surface area contributed by atoms with E-state index in [1.807, 2.05) is 19.9 Å². The van der Waals surface area contributed by atoms with Crippen LogP contribution in [0.1, 0.15) is 13.8 Å². The Kier molecular flexibility index (Phi) is 3.38. The molecular weight excluding hydrogens is 246 g/mol. The van der Waals surface area contributed by atoms with Crippen LogP contribution >= 0.6 is 0 Å². The molecule has 0 radical (unpaired) electrons. The van der Waals surface area contributed by atoms with Crippen molar-refractivity contribution in [1.82, 2.24) is 4.98 Å². The third-order valence-corrected chi connectivity index (χ3v) is 2.77. The van der Waals surface area contributed by atoms with Crippen LogP contribution in [-0.2, 0) is 4.79 Å². The Labute approximate surface area is 109 Å². The predicted octanol–water partition coefficient (Wildman–Crippen LogP) is 1.86. The van der Waals surface area contributed by atoms with Crippen molar-refractivity contribution in [3.8, 4) is 6.07 Å². The van der Waals surface area contributed by atoms with Gasteiger partial charge in [0.25, 0.3) is 0 Å².